The molecule has 0 aromatic heterocycles. The fourth-order valence-corrected chi connectivity index (χ4v) is 1.56. The first-order valence-electron chi connectivity index (χ1n) is 3.36. The monoisotopic (exact) mass is 202 g/mol. The van der Waals surface area contributed by atoms with Gasteiger partial charge in [-0.05, 0) is 6.26 Å². The zero-order valence-electron chi connectivity index (χ0n) is 7.27. The van der Waals surface area contributed by atoms with Crippen LogP contribution in [-0.2, 0) is 0 Å². The van der Waals surface area contributed by atoms with Gasteiger partial charge in [-0.1, -0.05) is 20.4 Å². The minimum Gasteiger partial charge on any atom is -0.347 e. The predicted molar refractivity (Wildman–Crippen MR) is 46.5 cm³/mol. The maximum Gasteiger partial charge on any atom is 0.422 e. The third-order valence-electron chi connectivity index (χ3n) is 1.73. The Morgan fingerprint density at radius 2 is 1.75 bits per heavy atom. The van der Waals surface area contributed by atoms with Crippen LogP contribution >= 0.6 is 10.3 Å². The molecule has 5 heteroatoms. The van der Waals surface area contributed by atoms with Crippen LogP contribution in [0.25, 0.3) is 0 Å². The van der Waals surface area contributed by atoms with Crippen molar-refractivity contribution >= 4 is 10.3 Å². The van der Waals surface area contributed by atoms with Crippen LogP contribution in [0.5, 0.6) is 0 Å². The highest BCUT2D eigenvalue weighted by Gasteiger charge is 2.41. The van der Waals surface area contributed by atoms with Gasteiger partial charge in [0.25, 0.3) is 0 Å². The minimum atomic E-state index is -4.48. The Labute approximate surface area is 71.8 Å². The van der Waals surface area contributed by atoms with Crippen molar-refractivity contribution < 1.29 is 17.7 Å². The van der Waals surface area contributed by atoms with Gasteiger partial charge in [-0.3, -0.25) is 0 Å². The van der Waals surface area contributed by atoms with Crippen LogP contribution in [0.3, 0.4) is 0 Å². The second-order valence-corrected chi connectivity index (χ2v) is 6.22. The molecule has 0 rings (SSSR count). The molecular formula is C7H13F3OS. The topological polar surface area (TPSA) is 20.2 Å². The van der Waals surface area contributed by atoms with Crippen LogP contribution in [0.4, 0.5) is 13.2 Å². The summed E-state index contributed by atoms with van der Waals surface area (Å²) < 4.78 is 45.7. The Kier molecular flexibility index (Phi) is 3.25. The van der Waals surface area contributed by atoms with Crippen molar-refractivity contribution in [1.82, 2.24) is 0 Å². The molecule has 0 radical (unpaired) electrons. The van der Waals surface area contributed by atoms with Gasteiger partial charge < -0.3 is 4.55 Å². The SMILES string of the molecule is C=C(C(F)(F)F)S(C)(O)C(C)C. The van der Waals surface area contributed by atoms with E-state index in [0.717, 1.165) is 0 Å². The molecule has 0 heterocycles. The van der Waals surface area contributed by atoms with Crippen molar-refractivity contribution in [3.8, 4) is 0 Å². The van der Waals surface area contributed by atoms with Gasteiger partial charge >= 0.3 is 6.18 Å². The van der Waals surface area contributed by atoms with Gasteiger partial charge in [-0.15, -0.1) is 10.3 Å². The molecular weight excluding hydrogens is 189 g/mol. The fourth-order valence-electron chi connectivity index (χ4n) is 0.519. The van der Waals surface area contributed by atoms with Crippen molar-refractivity contribution in [2.75, 3.05) is 6.26 Å². The molecule has 0 fully saturated rings. The molecule has 0 bridgehead atoms. The van der Waals surface area contributed by atoms with Gasteiger partial charge in [-0.25, -0.2) is 0 Å². The Morgan fingerprint density at radius 3 is 1.83 bits per heavy atom. The summed E-state index contributed by atoms with van der Waals surface area (Å²) in [6, 6.07) is 0. The number of hydrogen-bond donors (Lipinski definition) is 1. The molecule has 0 aliphatic heterocycles. The molecule has 1 N–H and O–H groups in total. The Hall–Kier alpha value is -0.160. The van der Waals surface area contributed by atoms with E-state index >= 15 is 0 Å². The molecule has 1 unspecified atom stereocenters. The van der Waals surface area contributed by atoms with E-state index in [1.54, 1.807) is 13.8 Å². The molecule has 0 aliphatic carbocycles. The van der Waals surface area contributed by atoms with Crippen LogP contribution in [0, 0.1) is 0 Å². The molecule has 12 heavy (non-hydrogen) atoms. The molecule has 0 saturated heterocycles. The van der Waals surface area contributed by atoms with E-state index in [0.29, 0.717) is 0 Å². The van der Waals surface area contributed by atoms with E-state index in [-0.39, 0.29) is 0 Å². The molecule has 0 saturated carbocycles. The van der Waals surface area contributed by atoms with Gasteiger partial charge in [0, 0.05) is 5.25 Å². The molecule has 74 valence electrons. The number of rotatable bonds is 2. The first-order chi connectivity index (χ1) is 5.10. The average molecular weight is 202 g/mol. The number of alkyl halides is 3. The molecule has 0 amide bonds. The summed E-state index contributed by atoms with van der Waals surface area (Å²) in [5.41, 5.74) is 0. The fraction of sp³-hybridized carbons (Fsp3) is 0.714. The zero-order valence-corrected chi connectivity index (χ0v) is 8.09. The van der Waals surface area contributed by atoms with Gasteiger partial charge in [0.05, 0.1) is 4.91 Å². The highest BCUT2D eigenvalue weighted by Crippen LogP contribution is 2.57. The Balaban J connectivity index is 4.70. The normalized spacial score (nSPS) is 20.3. The maximum atomic E-state index is 12.1. The largest absolute Gasteiger partial charge is 0.422 e. The third kappa shape index (κ3) is 2.42. The first-order valence-corrected chi connectivity index (χ1v) is 5.42. The second kappa shape index (κ2) is 3.30. The second-order valence-electron chi connectivity index (χ2n) is 2.91. The summed E-state index contributed by atoms with van der Waals surface area (Å²) >= 11 is 0. The molecule has 0 aliphatic rings. The van der Waals surface area contributed by atoms with Crippen molar-refractivity contribution in [3.63, 3.8) is 0 Å². The average Bonchev–Trinajstić information content (AvgIpc) is 1.83. The van der Waals surface area contributed by atoms with Crippen LogP contribution in [0.2, 0.25) is 0 Å². The quantitative estimate of drug-likeness (QED) is 0.727. The van der Waals surface area contributed by atoms with Gasteiger partial charge in [0.1, 0.15) is 0 Å². The molecule has 1 atom stereocenters. The van der Waals surface area contributed by atoms with E-state index in [9.17, 15) is 17.7 Å². The maximum absolute atomic E-state index is 12.1. The molecule has 1 nitrogen and oxygen atoms in total. The molecule has 0 spiro atoms. The van der Waals surface area contributed by atoms with Crippen molar-refractivity contribution in [2.45, 2.75) is 25.3 Å². The van der Waals surface area contributed by atoms with Crippen LogP contribution in [-0.4, -0.2) is 22.2 Å². The highest BCUT2D eigenvalue weighted by molar-refractivity contribution is 8.32. The zero-order chi connectivity index (χ0) is 10.2. The van der Waals surface area contributed by atoms with E-state index in [1.807, 2.05) is 0 Å². The predicted octanol–water partition coefficient (Wildman–Crippen LogP) is 3.38. The lowest BCUT2D eigenvalue weighted by Crippen LogP contribution is -2.21. The Morgan fingerprint density at radius 1 is 1.42 bits per heavy atom. The minimum absolute atomic E-state index is 0.424. The summed E-state index contributed by atoms with van der Waals surface area (Å²) in [5, 5.41) is -0.424. The summed E-state index contributed by atoms with van der Waals surface area (Å²) in [5.74, 6) is 0. The summed E-state index contributed by atoms with van der Waals surface area (Å²) in [4.78, 5) is -1.01. The number of halogens is 3. The van der Waals surface area contributed by atoms with Gasteiger partial charge in [0.2, 0.25) is 0 Å². The highest BCUT2D eigenvalue weighted by atomic mass is 32.3. The molecule has 0 aromatic rings. The van der Waals surface area contributed by atoms with E-state index in [1.165, 1.54) is 6.26 Å². The number of allylic oxidation sites excluding steroid dienone is 1. The Bertz CT molecular complexity index is 184. The van der Waals surface area contributed by atoms with Crippen molar-refractivity contribution in [1.29, 1.82) is 0 Å². The van der Waals surface area contributed by atoms with Crippen molar-refractivity contribution in [2.24, 2.45) is 0 Å². The van der Waals surface area contributed by atoms with Gasteiger partial charge in [-0.2, -0.15) is 13.2 Å². The summed E-state index contributed by atoms with van der Waals surface area (Å²) in [6.07, 6.45) is -3.28. The van der Waals surface area contributed by atoms with E-state index < -0.39 is 26.6 Å². The van der Waals surface area contributed by atoms with Crippen LogP contribution in [0.1, 0.15) is 13.8 Å². The number of hydrogen-bond acceptors (Lipinski definition) is 1. The third-order valence-corrected chi connectivity index (χ3v) is 4.80. The standard InChI is InChI=1S/C7H13F3OS/c1-5(2)12(4,11)6(3)7(8,9)10/h5,11H,3H2,1-2,4H3. The van der Waals surface area contributed by atoms with E-state index in [4.69, 9.17) is 0 Å². The molecule has 0 aromatic carbocycles. The van der Waals surface area contributed by atoms with E-state index in [2.05, 4.69) is 6.58 Å². The van der Waals surface area contributed by atoms with Crippen LogP contribution < -0.4 is 0 Å². The van der Waals surface area contributed by atoms with Crippen molar-refractivity contribution in [3.05, 3.63) is 11.5 Å². The lowest BCUT2D eigenvalue weighted by atomic mass is 10.6. The smallest absolute Gasteiger partial charge is 0.347 e. The summed E-state index contributed by atoms with van der Waals surface area (Å²) in [7, 11) is -2.75. The first kappa shape index (κ1) is 11.8. The van der Waals surface area contributed by atoms with Crippen LogP contribution in [0.15, 0.2) is 11.5 Å². The lowest BCUT2D eigenvalue weighted by molar-refractivity contribution is -0.0842. The lowest BCUT2D eigenvalue weighted by Gasteiger charge is -2.36. The summed E-state index contributed by atoms with van der Waals surface area (Å²) in [6.45, 7) is 5.98. The van der Waals surface area contributed by atoms with Gasteiger partial charge in [0.15, 0.2) is 0 Å².